The number of halogens is 1. The van der Waals surface area contributed by atoms with Gasteiger partial charge in [0.1, 0.15) is 0 Å². The number of hydrogen-bond donors (Lipinski definition) is 0. The van der Waals surface area contributed by atoms with Gasteiger partial charge in [0, 0.05) is 47.8 Å². The molecule has 0 aliphatic carbocycles. The van der Waals surface area contributed by atoms with E-state index in [0.717, 1.165) is 22.4 Å². The summed E-state index contributed by atoms with van der Waals surface area (Å²) >= 11 is 6.06. The molecular formula is C15H13ClN4. The number of aryl methyl sites for hydroxylation is 1. The van der Waals surface area contributed by atoms with Crippen molar-refractivity contribution in [1.29, 1.82) is 0 Å². The van der Waals surface area contributed by atoms with Gasteiger partial charge in [-0.05, 0) is 25.5 Å². The van der Waals surface area contributed by atoms with Gasteiger partial charge in [-0.2, -0.15) is 0 Å². The maximum Gasteiger partial charge on any atom is 0.233 e. The molecule has 0 bridgehead atoms. The van der Waals surface area contributed by atoms with E-state index < -0.39 is 0 Å². The Morgan fingerprint density at radius 2 is 2.10 bits per heavy atom. The van der Waals surface area contributed by atoms with Gasteiger partial charge in [-0.3, -0.25) is 9.38 Å². The van der Waals surface area contributed by atoms with Crippen molar-refractivity contribution in [3.63, 3.8) is 0 Å². The highest BCUT2D eigenvalue weighted by Gasteiger charge is 2.10. The van der Waals surface area contributed by atoms with Crippen molar-refractivity contribution in [2.24, 2.45) is 0 Å². The lowest BCUT2D eigenvalue weighted by molar-refractivity contribution is 1.09. The van der Waals surface area contributed by atoms with Crippen molar-refractivity contribution in [2.75, 3.05) is 0 Å². The van der Waals surface area contributed by atoms with Crippen LogP contribution in [0.4, 0.5) is 0 Å². The van der Waals surface area contributed by atoms with Crippen molar-refractivity contribution in [3.05, 3.63) is 65.0 Å². The molecule has 0 spiro atoms. The number of aromatic nitrogens is 4. The van der Waals surface area contributed by atoms with Gasteiger partial charge >= 0.3 is 0 Å². The van der Waals surface area contributed by atoms with Crippen LogP contribution in [0.1, 0.15) is 23.7 Å². The molecule has 0 fully saturated rings. The van der Waals surface area contributed by atoms with E-state index in [4.69, 9.17) is 11.6 Å². The summed E-state index contributed by atoms with van der Waals surface area (Å²) in [7, 11) is 0. The summed E-state index contributed by atoms with van der Waals surface area (Å²) < 4.78 is 1.89. The first-order valence-electron chi connectivity index (χ1n) is 6.27. The van der Waals surface area contributed by atoms with Gasteiger partial charge in [0.05, 0.1) is 5.02 Å². The molecule has 100 valence electrons. The molecule has 0 aliphatic rings. The largest absolute Gasteiger partial charge is 0.291 e. The molecule has 3 aromatic heterocycles. The molecule has 0 radical (unpaired) electrons. The predicted octanol–water partition coefficient (Wildman–Crippen LogP) is 3.54. The minimum Gasteiger partial charge on any atom is -0.291 e. The highest BCUT2D eigenvalue weighted by molar-refractivity contribution is 6.30. The molecule has 5 heteroatoms. The number of fused-ring (bicyclic) bond motifs is 1. The lowest BCUT2D eigenvalue weighted by Crippen LogP contribution is -1.97. The lowest BCUT2D eigenvalue weighted by atomic mass is 9.99. The van der Waals surface area contributed by atoms with Gasteiger partial charge in [-0.25, -0.2) is 9.97 Å². The van der Waals surface area contributed by atoms with Gasteiger partial charge in [-0.15, -0.1) is 0 Å². The molecule has 20 heavy (non-hydrogen) atoms. The third kappa shape index (κ3) is 2.18. The highest BCUT2D eigenvalue weighted by Crippen LogP contribution is 2.26. The van der Waals surface area contributed by atoms with Crippen LogP contribution in [0.3, 0.4) is 0 Å². The first-order chi connectivity index (χ1) is 9.69. The number of imidazole rings is 1. The van der Waals surface area contributed by atoms with Gasteiger partial charge < -0.3 is 0 Å². The van der Waals surface area contributed by atoms with Crippen molar-refractivity contribution in [1.82, 2.24) is 19.4 Å². The molecule has 3 aromatic rings. The van der Waals surface area contributed by atoms with E-state index in [0.29, 0.717) is 10.8 Å². The molecule has 0 N–H and O–H groups in total. The molecule has 0 aliphatic heterocycles. The monoisotopic (exact) mass is 284 g/mol. The van der Waals surface area contributed by atoms with E-state index in [1.54, 1.807) is 12.4 Å². The Labute approximate surface area is 121 Å². The third-order valence-corrected chi connectivity index (χ3v) is 3.40. The van der Waals surface area contributed by atoms with Crippen molar-refractivity contribution in [2.45, 2.75) is 13.8 Å². The number of hydrogen-bond acceptors (Lipinski definition) is 3. The molecule has 0 saturated heterocycles. The summed E-state index contributed by atoms with van der Waals surface area (Å²) in [6.07, 6.45) is 11.1. The molecule has 0 saturated carbocycles. The summed E-state index contributed by atoms with van der Waals surface area (Å²) in [6, 6.07) is 1.93. The van der Waals surface area contributed by atoms with Gasteiger partial charge in [-0.1, -0.05) is 17.7 Å². The van der Waals surface area contributed by atoms with Crippen LogP contribution >= 0.6 is 11.6 Å². The second-order valence-electron chi connectivity index (χ2n) is 4.47. The SMILES string of the molecule is C/C=C(/c1cnc2nccn2c1)c1cc(Cl)cnc1C. The normalized spacial score (nSPS) is 12.1. The first-order valence-corrected chi connectivity index (χ1v) is 6.65. The zero-order chi connectivity index (χ0) is 14.1. The topological polar surface area (TPSA) is 43.1 Å². The summed E-state index contributed by atoms with van der Waals surface area (Å²) in [5, 5.41) is 0.626. The Balaban J connectivity index is 2.16. The van der Waals surface area contributed by atoms with Crippen molar-refractivity contribution >= 4 is 23.0 Å². The Morgan fingerprint density at radius 1 is 1.25 bits per heavy atom. The van der Waals surface area contributed by atoms with E-state index in [-0.39, 0.29) is 0 Å². The molecule has 0 aromatic carbocycles. The Bertz CT molecular complexity index is 804. The van der Waals surface area contributed by atoms with Crippen LogP contribution in [0.15, 0.2) is 43.1 Å². The number of allylic oxidation sites excluding steroid dienone is 1. The fourth-order valence-corrected chi connectivity index (χ4v) is 2.37. The van der Waals surface area contributed by atoms with Gasteiger partial charge in [0.2, 0.25) is 5.78 Å². The molecule has 0 amide bonds. The smallest absolute Gasteiger partial charge is 0.233 e. The highest BCUT2D eigenvalue weighted by atomic mass is 35.5. The van der Waals surface area contributed by atoms with E-state index in [1.807, 2.05) is 49.0 Å². The van der Waals surface area contributed by atoms with Crippen molar-refractivity contribution < 1.29 is 0 Å². The standard InChI is InChI=1S/C15H13ClN4/c1-3-13(14-6-12(16)8-18-10(14)2)11-7-19-15-17-4-5-20(15)9-11/h3-9H,1-2H3/b13-3-. The van der Waals surface area contributed by atoms with Crippen LogP contribution in [0.5, 0.6) is 0 Å². The molecule has 4 nitrogen and oxygen atoms in total. The Morgan fingerprint density at radius 3 is 2.90 bits per heavy atom. The van der Waals surface area contributed by atoms with Crippen LogP contribution in [0, 0.1) is 6.92 Å². The minimum atomic E-state index is 0.626. The molecular weight excluding hydrogens is 272 g/mol. The summed E-state index contributed by atoms with van der Waals surface area (Å²) in [5.41, 5.74) is 4.01. The second-order valence-corrected chi connectivity index (χ2v) is 4.90. The molecule has 3 rings (SSSR count). The van der Waals surface area contributed by atoms with Crippen LogP contribution in [0.25, 0.3) is 11.4 Å². The quantitative estimate of drug-likeness (QED) is 0.723. The number of nitrogens with zero attached hydrogens (tertiary/aromatic N) is 4. The maximum absolute atomic E-state index is 6.06. The number of pyridine rings is 1. The zero-order valence-corrected chi connectivity index (χ0v) is 12.0. The average molecular weight is 285 g/mol. The predicted molar refractivity (Wildman–Crippen MR) is 79.7 cm³/mol. The number of rotatable bonds is 2. The Hall–Kier alpha value is -2.20. The fourth-order valence-electron chi connectivity index (χ4n) is 2.21. The van der Waals surface area contributed by atoms with Crippen molar-refractivity contribution in [3.8, 4) is 0 Å². The summed E-state index contributed by atoms with van der Waals surface area (Å²) in [4.78, 5) is 12.8. The van der Waals surface area contributed by atoms with E-state index in [2.05, 4.69) is 15.0 Å². The lowest BCUT2D eigenvalue weighted by Gasteiger charge is -2.10. The Kier molecular flexibility index (Phi) is 3.24. The molecule has 3 heterocycles. The minimum absolute atomic E-state index is 0.626. The summed E-state index contributed by atoms with van der Waals surface area (Å²) in [5.74, 6) is 0.685. The van der Waals surface area contributed by atoms with Gasteiger partial charge in [0.15, 0.2) is 0 Å². The zero-order valence-electron chi connectivity index (χ0n) is 11.2. The fraction of sp³-hybridized carbons (Fsp3) is 0.133. The average Bonchev–Trinajstić information content (AvgIpc) is 2.91. The maximum atomic E-state index is 6.06. The summed E-state index contributed by atoms with van der Waals surface area (Å²) in [6.45, 7) is 3.96. The third-order valence-electron chi connectivity index (χ3n) is 3.19. The van der Waals surface area contributed by atoms with Crippen LogP contribution in [-0.2, 0) is 0 Å². The van der Waals surface area contributed by atoms with Crippen LogP contribution in [0.2, 0.25) is 5.02 Å². The molecule has 0 unspecified atom stereocenters. The van der Waals surface area contributed by atoms with E-state index in [9.17, 15) is 0 Å². The van der Waals surface area contributed by atoms with Gasteiger partial charge in [0.25, 0.3) is 0 Å². The molecule has 0 atom stereocenters. The second kappa shape index (κ2) is 5.06. The van der Waals surface area contributed by atoms with Crippen LogP contribution in [-0.4, -0.2) is 19.4 Å². The first kappa shape index (κ1) is 12.8. The van der Waals surface area contributed by atoms with E-state index in [1.165, 1.54) is 0 Å². The van der Waals surface area contributed by atoms with E-state index >= 15 is 0 Å². The van der Waals surface area contributed by atoms with Crippen LogP contribution < -0.4 is 0 Å².